The predicted molar refractivity (Wildman–Crippen MR) is 99.1 cm³/mol. The van der Waals surface area contributed by atoms with E-state index in [1.165, 1.54) is 11.8 Å². The molecular formula is C21H21N3O3. The first-order chi connectivity index (χ1) is 13.1. The van der Waals surface area contributed by atoms with Crippen molar-refractivity contribution in [3.05, 3.63) is 66.0 Å². The van der Waals surface area contributed by atoms with Crippen LogP contribution in [0.1, 0.15) is 28.4 Å². The number of benzene rings is 1. The van der Waals surface area contributed by atoms with Gasteiger partial charge < -0.3 is 18.6 Å². The Bertz CT molecular complexity index is 975. The molecule has 1 fully saturated rings. The number of nitrogens with zero attached hydrogens (tertiary/aromatic N) is 3. The first-order valence-corrected chi connectivity index (χ1v) is 9.22. The number of rotatable bonds is 2. The summed E-state index contributed by atoms with van der Waals surface area (Å²) in [5, 5.41) is 0. The van der Waals surface area contributed by atoms with Gasteiger partial charge in [0.2, 0.25) is 0 Å². The molecule has 0 saturated carbocycles. The third-order valence-corrected chi connectivity index (χ3v) is 5.57. The van der Waals surface area contributed by atoms with Crippen molar-refractivity contribution in [3.8, 4) is 11.3 Å². The molecule has 4 heterocycles. The molecule has 1 aromatic carbocycles. The van der Waals surface area contributed by atoms with Crippen molar-refractivity contribution < 1.29 is 13.9 Å². The summed E-state index contributed by atoms with van der Waals surface area (Å²) in [6.45, 7) is 4.49. The Hall–Kier alpha value is -2.86. The van der Waals surface area contributed by atoms with Gasteiger partial charge in [-0.15, -0.1) is 0 Å². The summed E-state index contributed by atoms with van der Waals surface area (Å²) >= 11 is 0. The van der Waals surface area contributed by atoms with E-state index in [0.717, 1.165) is 23.5 Å². The zero-order chi connectivity index (χ0) is 18.4. The number of ether oxygens (including phenoxy) is 1. The minimum Gasteiger partial charge on any atom is -0.459 e. The predicted octanol–water partition coefficient (Wildman–Crippen LogP) is 3.27. The number of amides is 1. The number of aromatic nitrogens is 2. The number of hydrogen-bond donors (Lipinski definition) is 0. The van der Waals surface area contributed by atoms with Crippen LogP contribution in [0.4, 0.5) is 0 Å². The van der Waals surface area contributed by atoms with Gasteiger partial charge in [-0.25, -0.2) is 4.98 Å². The van der Waals surface area contributed by atoms with Gasteiger partial charge in [-0.1, -0.05) is 29.8 Å². The number of carbonyl (C=O) groups is 1. The van der Waals surface area contributed by atoms with Crippen molar-refractivity contribution in [2.45, 2.75) is 32.1 Å². The third-order valence-electron chi connectivity index (χ3n) is 5.57. The molecule has 2 aromatic heterocycles. The number of aryl methyl sites for hydroxylation is 1. The molecule has 0 unspecified atom stereocenters. The van der Waals surface area contributed by atoms with Gasteiger partial charge in [-0.3, -0.25) is 4.79 Å². The topological polar surface area (TPSA) is 60.5 Å². The fourth-order valence-corrected chi connectivity index (χ4v) is 4.03. The van der Waals surface area contributed by atoms with Crippen LogP contribution >= 0.6 is 0 Å². The van der Waals surface area contributed by atoms with Crippen LogP contribution in [0.5, 0.6) is 0 Å². The van der Waals surface area contributed by atoms with Crippen LogP contribution in [-0.2, 0) is 17.9 Å². The molecule has 0 aliphatic carbocycles. The summed E-state index contributed by atoms with van der Waals surface area (Å²) < 4.78 is 13.7. The number of hydrogen-bond acceptors (Lipinski definition) is 4. The standard InChI is InChI=1S/C21H21N3O3/c1-15-4-6-16(7-5-15)17-11-22-19-12-27-21(14-24(17)19)8-9-23(13-21)20(25)18-3-2-10-26-18/h2-7,10-11H,8-9,12-14H2,1H3/t21-/m0/s1. The van der Waals surface area contributed by atoms with Crippen LogP contribution in [0.15, 0.2) is 53.3 Å². The van der Waals surface area contributed by atoms with E-state index in [0.29, 0.717) is 32.0 Å². The Kier molecular flexibility index (Phi) is 3.68. The summed E-state index contributed by atoms with van der Waals surface area (Å²) in [6.07, 6.45) is 4.26. The Morgan fingerprint density at radius 3 is 2.81 bits per heavy atom. The maximum Gasteiger partial charge on any atom is 0.289 e. The van der Waals surface area contributed by atoms with E-state index in [-0.39, 0.29) is 11.5 Å². The lowest BCUT2D eigenvalue weighted by atomic mass is 10.0. The highest BCUT2D eigenvalue weighted by Gasteiger charge is 2.45. The van der Waals surface area contributed by atoms with Gasteiger partial charge in [0.25, 0.3) is 5.91 Å². The minimum atomic E-state index is -0.366. The Morgan fingerprint density at radius 1 is 1.19 bits per heavy atom. The largest absolute Gasteiger partial charge is 0.459 e. The molecule has 1 spiro atoms. The lowest BCUT2D eigenvalue weighted by Gasteiger charge is -2.35. The summed E-state index contributed by atoms with van der Waals surface area (Å²) in [7, 11) is 0. The van der Waals surface area contributed by atoms with Crippen LogP contribution in [0.25, 0.3) is 11.3 Å². The normalized spacial score (nSPS) is 21.6. The van der Waals surface area contributed by atoms with Gasteiger partial charge in [-0.2, -0.15) is 0 Å². The molecule has 2 aliphatic rings. The van der Waals surface area contributed by atoms with Gasteiger partial charge in [0.05, 0.1) is 31.2 Å². The molecule has 6 heteroatoms. The van der Waals surface area contributed by atoms with E-state index in [1.54, 1.807) is 12.1 Å². The molecule has 2 aliphatic heterocycles. The van der Waals surface area contributed by atoms with Gasteiger partial charge in [0, 0.05) is 6.54 Å². The molecule has 5 rings (SSSR count). The molecule has 1 amide bonds. The lowest BCUT2D eigenvalue weighted by Crippen LogP contribution is -2.45. The molecule has 0 radical (unpaired) electrons. The van der Waals surface area contributed by atoms with Crippen molar-refractivity contribution in [2.75, 3.05) is 13.1 Å². The number of fused-ring (bicyclic) bond motifs is 1. The molecule has 27 heavy (non-hydrogen) atoms. The molecule has 3 aromatic rings. The highest BCUT2D eigenvalue weighted by Crippen LogP contribution is 2.35. The van der Waals surface area contributed by atoms with Crippen LogP contribution < -0.4 is 0 Å². The summed E-state index contributed by atoms with van der Waals surface area (Å²) in [6, 6.07) is 11.9. The smallest absolute Gasteiger partial charge is 0.289 e. The van der Waals surface area contributed by atoms with Crippen molar-refractivity contribution in [1.29, 1.82) is 0 Å². The first-order valence-electron chi connectivity index (χ1n) is 9.22. The van der Waals surface area contributed by atoms with Crippen LogP contribution in [0.2, 0.25) is 0 Å². The second kappa shape index (κ2) is 6.09. The maximum atomic E-state index is 12.6. The molecule has 138 valence electrons. The SMILES string of the molecule is Cc1ccc(-c2cnc3n2C[C@@]2(CCN(C(=O)c4ccco4)C2)OC3)cc1. The summed E-state index contributed by atoms with van der Waals surface area (Å²) in [5.41, 5.74) is 3.12. The van der Waals surface area contributed by atoms with Crippen molar-refractivity contribution in [1.82, 2.24) is 14.5 Å². The second-order valence-corrected chi connectivity index (χ2v) is 7.44. The Labute approximate surface area is 157 Å². The molecule has 6 nitrogen and oxygen atoms in total. The number of carbonyl (C=O) groups excluding carboxylic acids is 1. The van der Waals surface area contributed by atoms with E-state index < -0.39 is 0 Å². The molecular weight excluding hydrogens is 342 g/mol. The van der Waals surface area contributed by atoms with E-state index in [4.69, 9.17) is 9.15 Å². The third kappa shape index (κ3) is 2.77. The monoisotopic (exact) mass is 363 g/mol. The van der Waals surface area contributed by atoms with E-state index >= 15 is 0 Å². The Balaban J connectivity index is 1.40. The number of imidazole rings is 1. The Morgan fingerprint density at radius 2 is 2.04 bits per heavy atom. The average molecular weight is 363 g/mol. The number of furan rings is 1. The van der Waals surface area contributed by atoms with Gasteiger partial charge in [0.15, 0.2) is 5.76 Å². The van der Waals surface area contributed by atoms with E-state index in [1.807, 2.05) is 11.1 Å². The van der Waals surface area contributed by atoms with Gasteiger partial charge in [-0.05, 0) is 31.0 Å². The van der Waals surface area contributed by atoms with Crippen LogP contribution in [0.3, 0.4) is 0 Å². The van der Waals surface area contributed by atoms with E-state index in [9.17, 15) is 4.79 Å². The van der Waals surface area contributed by atoms with Crippen LogP contribution in [0, 0.1) is 6.92 Å². The van der Waals surface area contributed by atoms with Crippen molar-refractivity contribution in [3.63, 3.8) is 0 Å². The zero-order valence-corrected chi connectivity index (χ0v) is 15.2. The molecule has 1 saturated heterocycles. The average Bonchev–Trinajstić information content (AvgIpc) is 3.42. The summed E-state index contributed by atoms with van der Waals surface area (Å²) in [5.74, 6) is 1.24. The highest BCUT2D eigenvalue weighted by molar-refractivity contribution is 5.91. The first kappa shape index (κ1) is 16.3. The van der Waals surface area contributed by atoms with Gasteiger partial charge in [0.1, 0.15) is 18.0 Å². The quantitative estimate of drug-likeness (QED) is 0.701. The highest BCUT2D eigenvalue weighted by atomic mass is 16.5. The zero-order valence-electron chi connectivity index (χ0n) is 15.2. The molecule has 0 N–H and O–H groups in total. The van der Waals surface area contributed by atoms with Crippen molar-refractivity contribution in [2.24, 2.45) is 0 Å². The fraction of sp³-hybridized carbons (Fsp3) is 0.333. The summed E-state index contributed by atoms with van der Waals surface area (Å²) in [4.78, 5) is 19.0. The minimum absolute atomic E-state index is 0.0735. The maximum absolute atomic E-state index is 12.6. The second-order valence-electron chi connectivity index (χ2n) is 7.44. The van der Waals surface area contributed by atoms with E-state index in [2.05, 4.69) is 40.7 Å². The molecule has 1 atom stereocenters. The lowest BCUT2D eigenvalue weighted by molar-refractivity contribution is -0.0805. The number of likely N-dealkylation sites (tertiary alicyclic amines) is 1. The fourth-order valence-electron chi connectivity index (χ4n) is 4.03. The van der Waals surface area contributed by atoms with Crippen LogP contribution in [-0.4, -0.2) is 39.0 Å². The van der Waals surface area contributed by atoms with Crippen molar-refractivity contribution >= 4 is 5.91 Å². The van der Waals surface area contributed by atoms with Gasteiger partial charge >= 0.3 is 0 Å². The molecule has 0 bridgehead atoms.